The molecule has 1 aliphatic heterocycles. The summed E-state index contributed by atoms with van der Waals surface area (Å²) < 4.78 is 5.73. The van der Waals surface area contributed by atoms with Gasteiger partial charge < -0.3 is 15.5 Å². The van der Waals surface area contributed by atoms with E-state index in [1.807, 2.05) is 12.3 Å². The van der Waals surface area contributed by atoms with Crippen LogP contribution < -0.4 is 10.5 Å². The predicted octanol–water partition coefficient (Wildman–Crippen LogP) is 4.35. The van der Waals surface area contributed by atoms with Crippen LogP contribution in [0.15, 0.2) is 42.7 Å². The van der Waals surface area contributed by atoms with Crippen LogP contribution in [0.2, 0.25) is 0 Å². The minimum atomic E-state index is 0.507. The summed E-state index contributed by atoms with van der Waals surface area (Å²) in [5, 5.41) is 2.08. The molecule has 3 N–H and O–H groups in total. The van der Waals surface area contributed by atoms with Crippen molar-refractivity contribution in [3.05, 3.63) is 48.3 Å². The highest BCUT2D eigenvalue weighted by Crippen LogP contribution is 2.32. The Labute approximate surface area is 169 Å². The monoisotopic (exact) mass is 387 g/mol. The summed E-state index contributed by atoms with van der Waals surface area (Å²) in [4.78, 5) is 14.6. The van der Waals surface area contributed by atoms with Gasteiger partial charge >= 0.3 is 0 Å². The van der Waals surface area contributed by atoms with E-state index < -0.39 is 0 Å². The molecule has 0 amide bonds. The number of fused-ring (bicyclic) bond motifs is 3. The highest BCUT2D eigenvalue weighted by Gasteiger charge is 2.14. The van der Waals surface area contributed by atoms with Gasteiger partial charge in [-0.25, -0.2) is 9.97 Å². The molecule has 4 aromatic rings. The molecule has 4 heterocycles. The van der Waals surface area contributed by atoms with Crippen LogP contribution in [0.5, 0.6) is 5.75 Å². The van der Waals surface area contributed by atoms with Crippen LogP contribution >= 0.6 is 0 Å². The van der Waals surface area contributed by atoms with E-state index in [0.717, 1.165) is 45.4 Å². The molecule has 0 saturated carbocycles. The molecule has 148 valence electrons. The number of methoxy groups -OCH3 is 1. The van der Waals surface area contributed by atoms with Crippen molar-refractivity contribution in [1.82, 2.24) is 19.9 Å². The number of aromatic amines is 1. The number of H-pyrrole nitrogens is 1. The number of hydrogen-bond acceptors (Lipinski definition) is 5. The zero-order valence-corrected chi connectivity index (χ0v) is 16.6. The molecule has 3 aromatic heterocycles. The summed E-state index contributed by atoms with van der Waals surface area (Å²) in [5.41, 5.74) is 11.0. The number of benzene rings is 1. The van der Waals surface area contributed by atoms with Crippen LogP contribution in [0.4, 0.5) is 5.82 Å². The molecule has 0 aliphatic carbocycles. The van der Waals surface area contributed by atoms with Gasteiger partial charge in [-0.2, -0.15) is 0 Å². The molecular formula is C23H25N5O. The van der Waals surface area contributed by atoms with Crippen molar-refractivity contribution in [1.29, 1.82) is 0 Å². The Hall–Kier alpha value is -3.12. The summed E-state index contributed by atoms with van der Waals surface area (Å²) in [6.45, 7) is 3.28. The molecule has 6 nitrogen and oxygen atoms in total. The number of nitrogens with two attached hydrogens (primary N) is 1. The van der Waals surface area contributed by atoms with E-state index >= 15 is 0 Å². The van der Waals surface area contributed by atoms with Crippen LogP contribution in [0.1, 0.15) is 24.8 Å². The van der Waals surface area contributed by atoms with Crippen LogP contribution in [0, 0.1) is 0 Å². The molecule has 0 spiro atoms. The first-order chi connectivity index (χ1) is 14.2. The van der Waals surface area contributed by atoms with Gasteiger partial charge in [-0.05, 0) is 49.7 Å². The number of nitrogens with zero attached hydrogens (tertiary/aromatic N) is 3. The van der Waals surface area contributed by atoms with E-state index in [1.165, 1.54) is 37.9 Å². The van der Waals surface area contributed by atoms with Gasteiger partial charge in [-0.15, -0.1) is 0 Å². The Balaban J connectivity index is 1.51. The van der Waals surface area contributed by atoms with Crippen molar-refractivity contribution in [3.63, 3.8) is 0 Å². The van der Waals surface area contributed by atoms with Crippen LogP contribution in [0.25, 0.3) is 33.1 Å². The lowest BCUT2D eigenvalue weighted by atomic mass is 10.0. The zero-order valence-electron chi connectivity index (χ0n) is 16.6. The maximum atomic E-state index is 5.89. The largest absolute Gasteiger partial charge is 0.496 e. The van der Waals surface area contributed by atoms with Gasteiger partial charge in [0.25, 0.3) is 0 Å². The van der Waals surface area contributed by atoms with Crippen molar-refractivity contribution in [2.24, 2.45) is 0 Å². The van der Waals surface area contributed by atoms with Crippen molar-refractivity contribution < 1.29 is 4.74 Å². The molecule has 1 aromatic carbocycles. The molecule has 1 saturated heterocycles. The predicted molar refractivity (Wildman–Crippen MR) is 117 cm³/mol. The van der Waals surface area contributed by atoms with Gasteiger partial charge in [0.05, 0.1) is 18.8 Å². The second-order valence-corrected chi connectivity index (χ2v) is 7.76. The summed E-state index contributed by atoms with van der Waals surface area (Å²) in [6, 6.07) is 10.5. The lowest BCUT2D eigenvalue weighted by Gasteiger charge is -2.27. The van der Waals surface area contributed by atoms with Gasteiger partial charge in [-0.1, -0.05) is 18.6 Å². The number of aromatic nitrogens is 3. The van der Waals surface area contributed by atoms with Gasteiger partial charge in [0.15, 0.2) is 0 Å². The maximum absolute atomic E-state index is 5.89. The Morgan fingerprint density at radius 3 is 2.69 bits per heavy atom. The van der Waals surface area contributed by atoms with Crippen LogP contribution in [0.3, 0.4) is 0 Å². The Kier molecular flexibility index (Phi) is 4.56. The fourth-order valence-corrected chi connectivity index (χ4v) is 4.26. The Morgan fingerprint density at radius 2 is 1.86 bits per heavy atom. The zero-order chi connectivity index (χ0) is 19.8. The molecule has 6 heteroatoms. The minimum Gasteiger partial charge on any atom is -0.496 e. The highest BCUT2D eigenvalue weighted by atomic mass is 16.5. The number of nitrogens with one attached hydrogen (secondary N) is 1. The average Bonchev–Trinajstić information content (AvgIpc) is 3.12. The third kappa shape index (κ3) is 3.40. The molecule has 0 radical (unpaired) electrons. The first-order valence-electron chi connectivity index (χ1n) is 10.1. The first kappa shape index (κ1) is 17.9. The first-order valence-corrected chi connectivity index (χ1v) is 10.1. The van der Waals surface area contributed by atoms with E-state index in [9.17, 15) is 0 Å². The summed E-state index contributed by atoms with van der Waals surface area (Å²) in [6.07, 6.45) is 7.57. The SMILES string of the molecule is COc1cc(-c2cnc3[nH]c4cnc(N)cc4c3c2)ccc1CN1CCCCC1. The van der Waals surface area contributed by atoms with Crippen molar-refractivity contribution in [2.45, 2.75) is 25.8 Å². The lowest BCUT2D eigenvalue weighted by molar-refractivity contribution is 0.218. The number of nitrogen functional groups attached to an aromatic ring is 1. The number of likely N-dealkylation sites (tertiary alicyclic amines) is 1. The Morgan fingerprint density at radius 1 is 1.00 bits per heavy atom. The second kappa shape index (κ2) is 7.37. The topological polar surface area (TPSA) is 80.1 Å². The quantitative estimate of drug-likeness (QED) is 0.544. The third-order valence-electron chi connectivity index (χ3n) is 5.82. The standard InChI is InChI=1S/C23H25N5O/c1-29-21-10-15(5-6-16(21)14-28-7-3-2-4-8-28)17-9-19-18-11-22(24)25-13-20(18)27-23(19)26-12-17/h5-6,9-13H,2-4,7-8,14H2,1H3,(H2,24,25)(H,26,27). The summed E-state index contributed by atoms with van der Waals surface area (Å²) in [7, 11) is 1.75. The van der Waals surface area contributed by atoms with Gasteiger partial charge in [0.1, 0.15) is 17.2 Å². The van der Waals surface area contributed by atoms with Gasteiger partial charge in [-0.3, -0.25) is 4.90 Å². The molecular weight excluding hydrogens is 362 g/mol. The van der Waals surface area contributed by atoms with E-state index in [4.69, 9.17) is 10.5 Å². The molecule has 5 rings (SSSR count). The summed E-state index contributed by atoms with van der Waals surface area (Å²) >= 11 is 0. The number of piperidine rings is 1. The van der Waals surface area contributed by atoms with E-state index in [-0.39, 0.29) is 0 Å². The smallest absolute Gasteiger partial charge is 0.138 e. The molecule has 0 bridgehead atoms. The minimum absolute atomic E-state index is 0.507. The molecule has 29 heavy (non-hydrogen) atoms. The molecule has 1 fully saturated rings. The second-order valence-electron chi connectivity index (χ2n) is 7.76. The van der Waals surface area contributed by atoms with Crippen molar-refractivity contribution >= 4 is 27.8 Å². The molecule has 1 aliphatic rings. The maximum Gasteiger partial charge on any atom is 0.138 e. The fraction of sp³-hybridized carbons (Fsp3) is 0.304. The van der Waals surface area contributed by atoms with E-state index in [1.54, 1.807) is 13.3 Å². The molecule has 0 unspecified atom stereocenters. The van der Waals surface area contributed by atoms with Crippen LogP contribution in [-0.4, -0.2) is 40.1 Å². The van der Waals surface area contributed by atoms with Gasteiger partial charge in [0.2, 0.25) is 0 Å². The van der Waals surface area contributed by atoms with Crippen molar-refractivity contribution in [2.75, 3.05) is 25.9 Å². The average molecular weight is 387 g/mol. The summed E-state index contributed by atoms with van der Waals surface area (Å²) in [5.74, 6) is 1.44. The number of hydrogen-bond donors (Lipinski definition) is 2. The lowest BCUT2D eigenvalue weighted by Crippen LogP contribution is -2.29. The highest BCUT2D eigenvalue weighted by molar-refractivity contribution is 6.07. The third-order valence-corrected chi connectivity index (χ3v) is 5.82. The number of rotatable bonds is 4. The van der Waals surface area contributed by atoms with Crippen LogP contribution in [-0.2, 0) is 6.54 Å². The van der Waals surface area contributed by atoms with E-state index in [0.29, 0.717) is 5.82 Å². The fourth-order valence-electron chi connectivity index (χ4n) is 4.26. The normalized spacial score (nSPS) is 15.2. The Bertz CT molecular complexity index is 1180. The van der Waals surface area contributed by atoms with Gasteiger partial charge in [0, 0.05) is 34.6 Å². The van der Waals surface area contributed by atoms with E-state index in [2.05, 4.69) is 44.1 Å². The molecule has 0 atom stereocenters. The number of ether oxygens (including phenoxy) is 1. The number of anilines is 1. The van der Waals surface area contributed by atoms with Crippen molar-refractivity contribution in [3.8, 4) is 16.9 Å². The number of pyridine rings is 2.